The number of esters is 1. The van der Waals surface area contributed by atoms with Gasteiger partial charge >= 0.3 is 12.0 Å². The maximum Gasteiger partial charge on any atom is 0.338 e. The summed E-state index contributed by atoms with van der Waals surface area (Å²) in [6.45, 7) is 5.80. The third kappa shape index (κ3) is 5.13. The van der Waals surface area contributed by atoms with Gasteiger partial charge in [-0.25, -0.2) is 9.59 Å². The van der Waals surface area contributed by atoms with Gasteiger partial charge in [-0.3, -0.25) is 0 Å². The summed E-state index contributed by atoms with van der Waals surface area (Å²) in [5.74, 6) is 0.211. The van der Waals surface area contributed by atoms with E-state index in [1.165, 1.54) is 0 Å². The summed E-state index contributed by atoms with van der Waals surface area (Å²) in [6, 6.07) is 13.8. The van der Waals surface area contributed by atoms with Crippen LogP contribution >= 0.6 is 11.6 Å². The summed E-state index contributed by atoms with van der Waals surface area (Å²) < 4.78 is 11.2. The molecule has 30 heavy (non-hydrogen) atoms. The van der Waals surface area contributed by atoms with Gasteiger partial charge in [0, 0.05) is 16.3 Å². The zero-order valence-corrected chi connectivity index (χ0v) is 18.0. The number of amides is 2. The first kappa shape index (κ1) is 21.7. The van der Waals surface area contributed by atoms with Crippen LogP contribution < -0.4 is 15.4 Å². The molecule has 0 radical (unpaired) electrons. The molecule has 2 N–H and O–H groups in total. The predicted molar refractivity (Wildman–Crippen MR) is 115 cm³/mol. The third-order valence-electron chi connectivity index (χ3n) is 4.64. The van der Waals surface area contributed by atoms with Crippen LogP contribution in [0, 0.1) is 0 Å². The van der Waals surface area contributed by atoms with Crippen molar-refractivity contribution in [3.63, 3.8) is 0 Å². The number of carbonyl (C=O) groups is 2. The Hall–Kier alpha value is -2.99. The van der Waals surface area contributed by atoms with E-state index >= 15 is 0 Å². The molecule has 7 heteroatoms. The van der Waals surface area contributed by atoms with Crippen LogP contribution in [0.2, 0.25) is 5.02 Å². The standard InChI is InChI=1S/C23H25ClN2O4/c1-4-19-20(22(27)30-14(2)3)21(26-23(28)25-19)15-9-11-17(12-10-15)29-13-16-7-5-6-8-18(16)24/h5-12,14,21H,4,13H2,1-3H3,(H2,25,26,28). The minimum absolute atomic E-state index is 0.262. The van der Waals surface area contributed by atoms with Gasteiger partial charge in [-0.2, -0.15) is 0 Å². The van der Waals surface area contributed by atoms with E-state index < -0.39 is 12.0 Å². The first-order valence-corrected chi connectivity index (χ1v) is 10.2. The van der Waals surface area contributed by atoms with Crippen LogP contribution in [0.15, 0.2) is 59.8 Å². The lowest BCUT2D eigenvalue weighted by Crippen LogP contribution is -2.46. The highest BCUT2D eigenvalue weighted by Gasteiger charge is 2.33. The smallest absolute Gasteiger partial charge is 0.338 e. The minimum atomic E-state index is -0.599. The first-order valence-electron chi connectivity index (χ1n) is 9.86. The Balaban J connectivity index is 1.81. The SMILES string of the molecule is CCC1=C(C(=O)OC(C)C)C(c2ccc(OCc3ccccc3Cl)cc2)NC(=O)N1. The minimum Gasteiger partial charge on any atom is -0.489 e. The van der Waals surface area contributed by atoms with Crippen LogP contribution in [0.1, 0.15) is 44.4 Å². The predicted octanol–water partition coefficient (Wildman–Crippen LogP) is 4.89. The lowest BCUT2D eigenvalue weighted by molar-refractivity contribution is -0.143. The van der Waals surface area contributed by atoms with Gasteiger partial charge in [0.25, 0.3) is 0 Å². The lowest BCUT2D eigenvalue weighted by atomic mass is 9.94. The number of rotatable bonds is 7. The molecular weight excluding hydrogens is 404 g/mol. The molecule has 1 unspecified atom stereocenters. The van der Waals surface area contributed by atoms with E-state index in [1.54, 1.807) is 26.0 Å². The van der Waals surface area contributed by atoms with Gasteiger partial charge in [-0.15, -0.1) is 0 Å². The van der Waals surface area contributed by atoms with Crippen molar-refractivity contribution >= 4 is 23.6 Å². The fourth-order valence-corrected chi connectivity index (χ4v) is 3.39. The van der Waals surface area contributed by atoms with Crippen molar-refractivity contribution in [3.8, 4) is 5.75 Å². The van der Waals surface area contributed by atoms with Crippen LogP contribution in [0.4, 0.5) is 4.79 Å². The monoisotopic (exact) mass is 428 g/mol. The molecule has 0 aromatic heterocycles. The maximum atomic E-state index is 12.7. The Kier molecular flexibility index (Phi) is 7.00. The van der Waals surface area contributed by atoms with Crippen molar-refractivity contribution in [2.24, 2.45) is 0 Å². The normalized spacial score (nSPS) is 16.2. The molecule has 0 saturated carbocycles. The fraction of sp³-hybridized carbons (Fsp3) is 0.304. The van der Waals surface area contributed by atoms with Crippen molar-refractivity contribution in [2.75, 3.05) is 0 Å². The van der Waals surface area contributed by atoms with Gasteiger partial charge in [-0.1, -0.05) is 48.9 Å². The molecule has 1 aliphatic heterocycles. The number of hydrogen-bond acceptors (Lipinski definition) is 4. The fourth-order valence-electron chi connectivity index (χ4n) is 3.20. The van der Waals surface area contributed by atoms with Gasteiger partial charge in [0.2, 0.25) is 0 Å². The number of urea groups is 1. The number of benzene rings is 2. The van der Waals surface area contributed by atoms with E-state index in [0.29, 0.717) is 35.1 Å². The molecule has 2 aromatic carbocycles. The average Bonchev–Trinajstić information content (AvgIpc) is 2.72. The molecule has 0 spiro atoms. The Bertz CT molecular complexity index is 954. The van der Waals surface area contributed by atoms with Gasteiger partial charge in [0.15, 0.2) is 0 Å². The molecule has 0 saturated heterocycles. The molecule has 3 rings (SSSR count). The Morgan fingerprint density at radius 1 is 1.13 bits per heavy atom. The van der Waals surface area contributed by atoms with E-state index in [9.17, 15) is 9.59 Å². The highest BCUT2D eigenvalue weighted by atomic mass is 35.5. The average molecular weight is 429 g/mol. The summed E-state index contributed by atoms with van der Waals surface area (Å²) in [5, 5.41) is 6.19. The summed E-state index contributed by atoms with van der Waals surface area (Å²) in [5.41, 5.74) is 2.63. The number of allylic oxidation sites excluding steroid dienone is 1. The largest absolute Gasteiger partial charge is 0.489 e. The van der Waals surface area contributed by atoms with Gasteiger partial charge < -0.3 is 20.1 Å². The lowest BCUT2D eigenvalue weighted by Gasteiger charge is -2.29. The van der Waals surface area contributed by atoms with Crippen LogP contribution in [-0.4, -0.2) is 18.1 Å². The molecule has 2 amide bonds. The van der Waals surface area contributed by atoms with Crippen molar-refractivity contribution in [1.29, 1.82) is 0 Å². The maximum absolute atomic E-state index is 12.7. The van der Waals surface area contributed by atoms with E-state index in [-0.39, 0.29) is 12.1 Å². The second kappa shape index (κ2) is 9.67. The van der Waals surface area contributed by atoms with E-state index in [1.807, 2.05) is 43.3 Å². The van der Waals surface area contributed by atoms with Crippen molar-refractivity contribution in [2.45, 2.75) is 45.9 Å². The van der Waals surface area contributed by atoms with Gasteiger partial charge in [0.1, 0.15) is 12.4 Å². The summed E-state index contributed by atoms with van der Waals surface area (Å²) >= 11 is 6.16. The van der Waals surface area contributed by atoms with Crippen LogP contribution in [0.25, 0.3) is 0 Å². The quantitative estimate of drug-likeness (QED) is 0.615. The number of ether oxygens (including phenoxy) is 2. The second-order valence-electron chi connectivity index (χ2n) is 7.18. The number of hydrogen-bond donors (Lipinski definition) is 2. The molecule has 2 aromatic rings. The molecule has 0 bridgehead atoms. The van der Waals surface area contributed by atoms with E-state index in [0.717, 1.165) is 11.1 Å². The van der Waals surface area contributed by atoms with Crippen molar-refractivity contribution in [3.05, 3.63) is 76.0 Å². The third-order valence-corrected chi connectivity index (χ3v) is 5.00. The molecule has 6 nitrogen and oxygen atoms in total. The molecule has 1 atom stereocenters. The van der Waals surface area contributed by atoms with Gasteiger partial charge in [-0.05, 0) is 44.0 Å². The van der Waals surface area contributed by atoms with E-state index in [4.69, 9.17) is 21.1 Å². The number of halogens is 1. The zero-order valence-electron chi connectivity index (χ0n) is 17.2. The summed E-state index contributed by atoms with van der Waals surface area (Å²) in [4.78, 5) is 24.8. The Morgan fingerprint density at radius 2 is 1.83 bits per heavy atom. The summed E-state index contributed by atoms with van der Waals surface area (Å²) in [7, 11) is 0. The zero-order chi connectivity index (χ0) is 21.7. The molecule has 158 valence electrons. The van der Waals surface area contributed by atoms with Gasteiger partial charge in [0.05, 0.1) is 17.7 Å². The Labute approximate surface area is 181 Å². The Morgan fingerprint density at radius 3 is 2.47 bits per heavy atom. The second-order valence-corrected chi connectivity index (χ2v) is 7.59. The molecular formula is C23H25ClN2O4. The molecule has 0 fully saturated rings. The molecule has 1 aliphatic rings. The first-order chi connectivity index (χ1) is 14.4. The van der Waals surface area contributed by atoms with Crippen LogP contribution in [0.5, 0.6) is 5.75 Å². The topological polar surface area (TPSA) is 76.7 Å². The number of nitrogens with one attached hydrogen (secondary N) is 2. The highest BCUT2D eigenvalue weighted by molar-refractivity contribution is 6.31. The molecule has 1 heterocycles. The van der Waals surface area contributed by atoms with Crippen LogP contribution in [0.3, 0.4) is 0 Å². The number of carbonyl (C=O) groups excluding carboxylic acids is 2. The van der Waals surface area contributed by atoms with E-state index in [2.05, 4.69) is 10.6 Å². The highest BCUT2D eigenvalue weighted by Crippen LogP contribution is 2.30. The van der Waals surface area contributed by atoms with Crippen molar-refractivity contribution < 1.29 is 19.1 Å². The molecule has 0 aliphatic carbocycles. The van der Waals surface area contributed by atoms with Crippen molar-refractivity contribution in [1.82, 2.24) is 10.6 Å². The summed E-state index contributed by atoms with van der Waals surface area (Å²) in [6.07, 6.45) is 0.243. The van der Waals surface area contributed by atoms with Crippen LogP contribution in [-0.2, 0) is 16.1 Å².